The number of hydrogen-bond acceptors (Lipinski definition) is 3. The molecule has 0 atom stereocenters. The maximum absolute atomic E-state index is 6.63. The van der Waals surface area contributed by atoms with Crippen molar-refractivity contribution in [1.29, 1.82) is 0 Å². The number of benzene rings is 8. The summed E-state index contributed by atoms with van der Waals surface area (Å²) in [6.45, 7) is 2.20. The van der Waals surface area contributed by atoms with E-state index in [1.165, 1.54) is 26.3 Å². The second kappa shape index (κ2) is 14.2. The van der Waals surface area contributed by atoms with E-state index < -0.39 is 8.07 Å². The highest BCUT2D eigenvalue weighted by molar-refractivity contribution is 7.20. The maximum Gasteiger partial charge on any atom is 0.179 e. The normalized spacial score (nSPS) is 11.8. The third kappa shape index (κ3) is 5.72. The molecule has 0 aliphatic heterocycles. The van der Waals surface area contributed by atoms with Crippen LogP contribution in [0.3, 0.4) is 0 Å². The minimum Gasteiger partial charge on any atom is -0.455 e. The number of furan rings is 1. The third-order valence-corrected chi connectivity index (χ3v) is 16.7. The Morgan fingerprint density at radius 3 is 1.75 bits per heavy atom. The molecule has 0 aliphatic rings. The first-order chi connectivity index (χ1) is 29.2. The Balaban J connectivity index is 1.22. The minimum absolute atomic E-state index is 0.831. The number of fused-ring (bicyclic) bond motifs is 6. The highest BCUT2D eigenvalue weighted by Gasteiger charge is 2.41. The van der Waals surface area contributed by atoms with E-state index in [0.717, 1.165) is 77.3 Å². The fraction of sp³-hybridized carbons (Fsp3) is 0.0182. The Kier molecular flexibility index (Phi) is 8.38. The van der Waals surface area contributed by atoms with Crippen molar-refractivity contribution >= 4 is 72.6 Å². The summed E-state index contributed by atoms with van der Waals surface area (Å²) in [7, 11) is -2.83. The summed E-state index contributed by atoms with van der Waals surface area (Å²) in [5.41, 5.74) is 11.0. The summed E-state index contributed by atoms with van der Waals surface area (Å²) >= 11 is 0. The Labute approximate surface area is 343 Å². The van der Waals surface area contributed by atoms with E-state index in [0.29, 0.717) is 0 Å². The maximum atomic E-state index is 6.63. The molecule has 11 rings (SSSR count). The van der Waals surface area contributed by atoms with Crippen LogP contribution in [0.15, 0.2) is 217 Å². The van der Waals surface area contributed by atoms with E-state index in [9.17, 15) is 0 Å². The molecule has 4 heteroatoms. The van der Waals surface area contributed by atoms with Gasteiger partial charge in [-0.15, -0.1) is 0 Å². The number of aryl methyl sites for hydroxylation is 1. The molecule has 0 spiro atoms. The largest absolute Gasteiger partial charge is 0.455 e. The van der Waals surface area contributed by atoms with Gasteiger partial charge in [0.1, 0.15) is 11.2 Å². The lowest BCUT2D eigenvalue weighted by Crippen LogP contribution is -2.74. The summed E-state index contributed by atoms with van der Waals surface area (Å²) in [6, 6.07) is 74.7. The van der Waals surface area contributed by atoms with Crippen molar-refractivity contribution in [2.24, 2.45) is 0 Å². The fourth-order valence-electron chi connectivity index (χ4n) is 9.27. The molecule has 11 aromatic rings. The monoisotopic (exact) mass is 770 g/mol. The van der Waals surface area contributed by atoms with Crippen molar-refractivity contribution in [1.82, 2.24) is 9.97 Å². The molecule has 0 radical (unpaired) electrons. The van der Waals surface area contributed by atoms with Crippen LogP contribution in [0.2, 0.25) is 0 Å². The van der Waals surface area contributed by atoms with Gasteiger partial charge in [-0.05, 0) is 74.2 Å². The lowest BCUT2D eigenvalue weighted by molar-refractivity contribution is 0.670. The van der Waals surface area contributed by atoms with Gasteiger partial charge in [0.15, 0.2) is 8.07 Å². The lowest BCUT2D eigenvalue weighted by atomic mass is 9.94. The third-order valence-electron chi connectivity index (χ3n) is 11.9. The molecule has 59 heavy (non-hydrogen) atoms. The quantitative estimate of drug-likeness (QED) is 0.0920. The molecule has 0 saturated heterocycles. The second-order valence-electron chi connectivity index (χ2n) is 15.4. The van der Waals surface area contributed by atoms with Crippen LogP contribution < -0.4 is 20.7 Å². The van der Waals surface area contributed by atoms with Crippen LogP contribution in [0.4, 0.5) is 0 Å². The van der Waals surface area contributed by atoms with E-state index >= 15 is 0 Å². The summed E-state index contributed by atoms with van der Waals surface area (Å²) in [4.78, 5) is 10.6. The zero-order valence-electron chi connectivity index (χ0n) is 32.5. The van der Waals surface area contributed by atoms with E-state index in [1.54, 1.807) is 0 Å². The Hall–Kier alpha value is -7.40. The summed E-state index contributed by atoms with van der Waals surface area (Å²) < 4.78 is 6.63. The van der Waals surface area contributed by atoms with Crippen LogP contribution in [0, 0.1) is 6.92 Å². The molecule has 0 unspecified atom stereocenters. The standard InChI is InChI=1S/C55H38N2OSi/c1-37-16-13-24-42(34-37)59(40-20-7-3-8-21-40,41-22-9-4-10-23-41)43-25-14-19-39(35-43)50-36-51(49-28-15-27-48-45-26-11-12-29-52(45)58-55(48)49)57-54-47(50)31-30-46-44(32-33-56-53(46)54)38-17-5-2-6-18-38/h2-36H,1H3. The molecular weight excluding hydrogens is 733 g/mol. The number of hydrogen-bond donors (Lipinski definition) is 0. The SMILES string of the molecule is Cc1cccc([Si](c2ccccc2)(c2ccccc2)c2cccc(-c3cc(-c4cccc5c4oc4ccccc45)nc4c3ccc3c(-c5ccccc5)ccnc34)c2)c1. The highest BCUT2D eigenvalue weighted by Crippen LogP contribution is 2.40. The topological polar surface area (TPSA) is 38.9 Å². The molecule has 8 aromatic carbocycles. The fourth-order valence-corrected chi connectivity index (χ4v) is 14.2. The zero-order chi connectivity index (χ0) is 39.3. The van der Waals surface area contributed by atoms with Crippen LogP contribution >= 0.6 is 0 Å². The molecule has 3 nitrogen and oxygen atoms in total. The predicted octanol–water partition coefficient (Wildman–Crippen LogP) is 11.4. The summed E-state index contributed by atoms with van der Waals surface area (Å²) in [6.07, 6.45) is 1.92. The van der Waals surface area contributed by atoms with Gasteiger partial charge in [-0.25, -0.2) is 4.98 Å². The Bertz CT molecular complexity index is 3300. The molecular formula is C55H38N2OSi. The first-order valence-corrected chi connectivity index (χ1v) is 22.1. The molecule has 3 heterocycles. The van der Waals surface area contributed by atoms with Gasteiger partial charge in [0.05, 0.1) is 16.7 Å². The first-order valence-electron chi connectivity index (χ1n) is 20.1. The second-order valence-corrected chi connectivity index (χ2v) is 19.2. The summed E-state index contributed by atoms with van der Waals surface area (Å²) in [5.74, 6) is 0. The van der Waals surface area contributed by atoms with E-state index in [4.69, 9.17) is 14.4 Å². The van der Waals surface area contributed by atoms with E-state index in [2.05, 4.69) is 201 Å². The highest BCUT2D eigenvalue weighted by atomic mass is 28.3. The average Bonchev–Trinajstić information content (AvgIpc) is 3.69. The van der Waals surface area contributed by atoms with Crippen molar-refractivity contribution < 1.29 is 4.42 Å². The molecule has 0 fully saturated rings. The van der Waals surface area contributed by atoms with Gasteiger partial charge >= 0.3 is 0 Å². The van der Waals surface area contributed by atoms with Crippen molar-refractivity contribution in [2.45, 2.75) is 6.92 Å². The van der Waals surface area contributed by atoms with E-state index in [-0.39, 0.29) is 0 Å². The van der Waals surface area contributed by atoms with Crippen molar-refractivity contribution in [3.8, 4) is 33.5 Å². The molecule has 0 aliphatic carbocycles. The molecule has 0 N–H and O–H groups in total. The van der Waals surface area contributed by atoms with Gasteiger partial charge in [-0.1, -0.05) is 188 Å². The number of nitrogens with zero attached hydrogens (tertiary/aromatic N) is 2. The number of para-hydroxylation sites is 2. The van der Waals surface area contributed by atoms with Gasteiger partial charge in [-0.3, -0.25) is 4.98 Å². The van der Waals surface area contributed by atoms with Crippen molar-refractivity contribution in [3.05, 3.63) is 218 Å². The Morgan fingerprint density at radius 1 is 0.407 bits per heavy atom. The summed E-state index contributed by atoms with van der Waals surface area (Å²) in [5, 5.41) is 9.64. The number of pyridine rings is 2. The van der Waals surface area contributed by atoms with Crippen LogP contribution in [0.5, 0.6) is 0 Å². The first kappa shape index (κ1) is 34.8. The van der Waals surface area contributed by atoms with Crippen LogP contribution in [0.25, 0.3) is 77.3 Å². The van der Waals surface area contributed by atoms with Gasteiger partial charge in [-0.2, -0.15) is 0 Å². The molecule has 3 aromatic heterocycles. The minimum atomic E-state index is -2.83. The van der Waals surface area contributed by atoms with Crippen LogP contribution in [-0.2, 0) is 0 Å². The number of rotatable bonds is 7. The van der Waals surface area contributed by atoms with E-state index in [1.807, 2.05) is 18.3 Å². The van der Waals surface area contributed by atoms with Crippen LogP contribution in [0.1, 0.15) is 5.56 Å². The zero-order valence-corrected chi connectivity index (χ0v) is 33.5. The molecule has 0 amide bonds. The molecule has 0 saturated carbocycles. The van der Waals surface area contributed by atoms with Gasteiger partial charge in [0.2, 0.25) is 0 Å². The van der Waals surface area contributed by atoms with Gasteiger partial charge in [0.25, 0.3) is 0 Å². The lowest BCUT2D eigenvalue weighted by Gasteiger charge is -2.35. The van der Waals surface area contributed by atoms with Crippen molar-refractivity contribution in [3.63, 3.8) is 0 Å². The van der Waals surface area contributed by atoms with Gasteiger partial charge < -0.3 is 4.42 Å². The number of aromatic nitrogens is 2. The predicted molar refractivity (Wildman–Crippen MR) is 249 cm³/mol. The van der Waals surface area contributed by atoms with Gasteiger partial charge in [0, 0.05) is 33.3 Å². The van der Waals surface area contributed by atoms with Crippen molar-refractivity contribution in [2.75, 3.05) is 0 Å². The smallest absolute Gasteiger partial charge is 0.179 e. The molecule has 278 valence electrons. The average molecular weight is 771 g/mol. The molecule has 0 bridgehead atoms. The Morgan fingerprint density at radius 2 is 1.00 bits per heavy atom. The van der Waals surface area contributed by atoms with Crippen LogP contribution in [-0.4, -0.2) is 18.0 Å².